The van der Waals surface area contributed by atoms with Crippen LogP contribution in [0.25, 0.3) is 0 Å². The van der Waals surface area contributed by atoms with Gasteiger partial charge in [-0.05, 0) is 83.5 Å². The van der Waals surface area contributed by atoms with E-state index >= 15 is 0 Å². The Morgan fingerprint density at radius 3 is 2.30 bits per heavy atom. The van der Waals surface area contributed by atoms with E-state index < -0.39 is 0 Å². The number of likely N-dealkylation sites (tertiary alicyclic amines) is 1. The Bertz CT molecular complexity index is 976. The van der Waals surface area contributed by atoms with Gasteiger partial charge in [0.1, 0.15) is 12.4 Å². The molecule has 0 spiro atoms. The van der Waals surface area contributed by atoms with Gasteiger partial charge in [0.05, 0.1) is 11.1 Å². The predicted octanol–water partition coefficient (Wildman–Crippen LogP) is 4.62. The van der Waals surface area contributed by atoms with Crippen LogP contribution in [0.5, 0.6) is 5.75 Å². The third-order valence-corrected chi connectivity index (χ3v) is 6.07. The number of benzene rings is 2. The zero-order chi connectivity index (χ0) is 23.6. The Hall–Kier alpha value is -2.49. The van der Waals surface area contributed by atoms with Crippen molar-refractivity contribution in [3.8, 4) is 5.75 Å². The first-order valence-corrected chi connectivity index (χ1v) is 12.1. The molecule has 1 saturated heterocycles. The Labute approximate surface area is 207 Å². The number of anilines is 1. The van der Waals surface area contributed by atoms with E-state index in [-0.39, 0.29) is 16.9 Å². The van der Waals surface area contributed by atoms with Crippen molar-refractivity contribution in [3.05, 3.63) is 58.1 Å². The summed E-state index contributed by atoms with van der Waals surface area (Å²) in [5.74, 6) is 0.336. The molecule has 2 aromatic rings. The van der Waals surface area contributed by atoms with Gasteiger partial charge in [-0.2, -0.15) is 0 Å². The monoisotopic (exact) mass is 533 g/mol. The number of thiocarbonyl (C=S) groups is 1. The molecule has 0 unspecified atom stereocenters. The SMILES string of the molecule is COCCOc1ccc(C(=O)NC(=S)Nc2ccc(C(=O)N3CCCCCC3)cc2)cc1Br. The number of nitrogens with one attached hydrogen (secondary N) is 2. The highest BCUT2D eigenvalue weighted by Gasteiger charge is 2.17. The molecule has 1 heterocycles. The van der Waals surface area contributed by atoms with Crippen molar-refractivity contribution in [1.82, 2.24) is 10.2 Å². The quantitative estimate of drug-likeness (QED) is 0.399. The highest BCUT2D eigenvalue weighted by molar-refractivity contribution is 9.10. The number of rotatable bonds is 7. The van der Waals surface area contributed by atoms with Gasteiger partial charge >= 0.3 is 0 Å². The molecule has 1 aliphatic heterocycles. The topological polar surface area (TPSA) is 79.9 Å². The zero-order valence-corrected chi connectivity index (χ0v) is 21.0. The van der Waals surface area contributed by atoms with E-state index in [1.165, 1.54) is 12.8 Å². The van der Waals surface area contributed by atoms with Crippen LogP contribution >= 0.6 is 28.1 Å². The van der Waals surface area contributed by atoms with Crippen LogP contribution in [-0.4, -0.2) is 55.2 Å². The zero-order valence-electron chi connectivity index (χ0n) is 18.6. The number of halogens is 1. The molecule has 7 nitrogen and oxygen atoms in total. The van der Waals surface area contributed by atoms with Gasteiger partial charge in [0.15, 0.2) is 5.11 Å². The minimum absolute atomic E-state index is 0.0551. The van der Waals surface area contributed by atoms with Crippen LogP contribution in [0.15, 0.2) is 46.9 Å². The van der Waals surface area contributed by atoms with Crippen molar-refractivity contribution in [1.29, 1.82) is 0 Å². The highest BCUT2D eigenvalue weighted by Crippen LogP contribution is 2.26. The molecule has 2 N–H and O–H groups in total. The number of ether oxygens (including phenoxy) is 2. The second-order valence-electron chi connectivity index (χ2n) is 7.68. The number of amides is 2. The largest absolute Gasteiger partial charge is 0.490 e. The van der Waals surface area contributed by atoms with Crippen molar-refractivity contribution in [2.45, 2.75) is 25.7 Å². The van der Waals surface area contributed by atoms with Crippen LogP contribution in [-0.2, 0) is 4.74 Å². The van der Waals surface area contributed by atoms with Crippen molar-refractivity contribution < 1.29 is 19.1 Å². The van der Waals surface area contributed by atoms with E-state index in [9.17, 15) is 9.59 Å². The maximum Gasteiger partial charge on any atom is 0.257 e. The minimum Gasteiger partial charge on any atom is -0.490 e. The second-order valence-corrected chi connectivity index (χ2v) is 8.94. The third kappa shape index (κ3) is 7.52. The molecule has 0 radical (unpaired) electrons. The van der Waals surface area contributed by atoms with Crippen molar-refractivity contribution in [2.24, 2.45) is 0 Å². The molecular weight excluding hydrogens is 506 g/mol. The highest BCUT2D eigenvalue weighted by atomic mass is 79.9. The summed E-state index contributed by atoms with van der Waals surface area (Å²) in [6.07, 6.45) is 4.47. The molecule has 0 atom stereocenters. The van der Waals surface area contributed by atoms with E-state index in [4.69, 9.17) is 21.7 Å². The van der Waals surface area contributed by atoms with Crippen LogP contribution in [0.4, 0.5) is 5.69 Å². The lowest BCUT2D eigenvalue weighted by Crippen LogP contribution is -2.34. The fourth-order valence-electron chi connectivity index (χ4n) is 3.48. The smallest absolute Gasteiger partial charge is 0.257 e. The number of carbonyl (C=O) groups excluding carboxylic acids is 2. The van der Waals surface area contributed by atoms with E-state index in [0.717, 1.165) is 25.9 Å². The normalized spacial score (nSPS) is 13.7. The molecule has 2 aromatic carbocycles. The van der Waals surface area contributed by atoms with Gasteiger partial charge in [-0.1, -0.05) is 12.8 Å². The summed E-state index contributed by atoms with van der Waals surface area (Å²) >= 11 is 8.69. The molecular formula is C24H28BrN3O4S. The molecule has 2 amide bonds. The number of nitrogens with zero attached hydrogens (tertiary/aromatic N) is 1. The first kappa shape index (κ1) is 25.1. The summed E-state index contributed by atoms with van der Waals surface area (Å²) in [5, 5.41) is 5.82. The van der Waals surface area contributed by atoms with E-state index in [0.29, 0.717) is 40.3 Å². The number of hydrogen-bond acceptors (Lipinski definition) is 5. The molecule has 1 aliphatic rings. The summed E-state index contributed by atoms with van der Waals surface area (Å²) in [5.41, 5.74) is 1.77. The van der Waals surface area contributed by atoms with Crippen LogP contribution in [0.3, 0.4) is 0 Å². The van der Waals surface area contributed by atoms with Gasteiger partial charge in [-0.25, -0.2) is 0 Å². The van der Waals surface area contributed by atoms with E-state index in [2.05, 4.69) is 26.6 Å². The molecule has 0 aromatic heterocycles. The predicted molar refractivity (Wildman–Crippen MR) is 136 cm³/mol. The molecule has 33 heavy (non-hydrogen) atoms. The van der Waals surface area contributed by atoms with Crippen molar-refractivity contribution in [2.75, 3.05) is 38.7 Å². The summed E-state index contributed by atoms with van der Waals surface area (Å²) in [7, 11) is 1.60. The first-order chi connectivity index (χ1) is 16.0. The molecule has 0 bridgehead atoms. The molecule has 176 valence electrons. The van der Waals surface area contributed by atoms with Crippen molar-refractivity contribution in [3.63, 3.8) is 0 Å². The van der Waals surface area contributed by atoms with Crippen molar-refractivity contribution >= 4 is 50.8 Å². The average molecular weight is 534 g/mol. The summed E-state index contributed by atoms with van der Waals surface area (Å²) in [4.78, 5) is 27.2. The molecule has 0 saturated carbocycles. The Kier molecular flexibility index (Phi) is 9.65. The fourth-order valence-corrected chi connectivity index (χ4v) is 4.19. The van der Waals surface area contributed by atoms with Gasteiger partial charge in [0.25, 0.3) is 11.8 Å². The lowest BCUT2D eigenvalue weighted by atomic mass is 10.1. The van der Waals surface area contributed by atoms with Gasteiger partial charge < -0.3 is 19.7 Å². The third-order valence-electron chi connectivity index (χ3n) is 5.25. The fraction of sp³-hybridized carbons (Fsp3) is 0.375. The van der Waals surface area contributed by atoms with Gasteiger partial charge in [-0.15, -0.1) is 0 Å². The maximum atomic E-state index is 12.7. The lowest BCUT2D eigenvalue weighted by molar-refractivity contribution is 0.0761. The van der Waals surface area contributed by atoms with Crippen LogP contribution in [0.1, 0.15) is 46.4 Å². The van der Waals surface area contributed by atoms with Crippen LogP contribution in [0.2, 0.25) is 0 Å². The summed E-state index contributed by atoms with van der Waals surface area (Å²) in [6.45, 7) is 2.51. The van der Waals surface area contributed by atoms with Gasteiger partial charge in [0.2, 0.25) is 0 Å². The Morgan fingerprint density at radius 1 is 1.00 bits per heavy atom. The summed E-state index contributed by atoms with van der Waals surface area (Å²) in [6, 6.07) is 12.2. The van der Waals surface area contributed by atoms with Gasteiger partial charge in [-0.3, -0.25) is 14.9 Å². The number of methoxy groups -OCH3 is 1. The molecule has 3 rings (SSSR count). The Morgan fingerprint density at radius 2 is 1.67 bits per heavy atom. The molecule has 9 heteroatoms. The summed E-state index contributed by atoms with van der Waals surface area (Å²) < 4.78 is 11.2. The first-order valence-electron chi connectivity index (χ1n) is 10.9. The maximum absolute atomic E-state index is 12.7. The van der Waals surface area contributed by atoms with Gasteiger partial charge in [0, 0.05) is 37.0 Å². The standard InChI is InChI=1S/C24H28BrN3O4S/c1-31-14-15-32-21-11-8-18(16-20(21)25)22(29)27-24(33)26-19-9-6-17(7-10-19)23(30)28-12-4-2-3-5-13-28/h6-11,16H,2-5,12-15H2,1H3,(H2,26,27,29,33). The molecule has 1 fully saturated rings. The molecule has 0 aliphatic carbocycles. The lowest BCUT2D eigenvalue weighted by Gasteiger charge is -2.20. The van der Waals surface area contributed by atoms with Crippen LogP contribution < -0.4 is 15.4 Å². The Balaban J connectivity index is 1.53. The minimum atomic E-state index is -0.343. The number of carbonyl (C=O) groups is 2. The van der Waals surface area contributed by atoms with E-state index in [1.807, 2.05) is 4.90 Å². The van der Waals surface area contributed by atoms with Crippen LogP contribution in [0, 0.1) is 0 Å². The van der Waals surface area contributed by atoms with E-state index in [1.54, 1.807) is 49.6 Å². The number of hydrogen-bond donors (Lipinski definition) is 2. The average Bonchev–Trinajstić information content (AvgIpc) is 3.10. The second kappa shape index (κ2) is 12.7.